The first kappa shape index (κ1) is 22.9. The van der Waals surface area contributed by atoms with Crippen LogP contribution in [-0.2, 0) is 32.4 Å². The molecular weight excluding hydrogens is 398 g/mol. The maximum absolute atomic E-state index is 12.9. The molecule has 31 heavy (non-hydrogen) atoms. The molecule has 8 heteroatoms. The Morgan fingerprint density at radius 3 is 2.35 bits per heavy atom. The van der Waals surface area contributed by atoms with Crippen molar-refractivity contribution < 1.29 is 24.4 Å². The first-order valence-corrected chi connectivity index (χ1v) is 10.5. The standard InChI is InChI=1S/C23H29N3O5/c27-22(25-20-13-7-8-14-26(29)23(20)28)21(30-16-18-9-3-1-4-10-18)15-24-31-17-19-11-5-2-6-12-19/h1-6,9-12,20-21,24,29H,7-8,13-17H2,(H,25,27)/t20-,21+/m0/s1. The van der Waals surface area contributed by atoms with E-state index in [9.17, 15) is 14.8 Å². The van der Waals surface area contributed by atoms with Crippen LogP contribution in [0.15, 0.2) is 60.7 Å². The summed E-state index contributed by atoms with van der Waals surface area (Å²) in [4.78, 5) is 30.6. The molecule has 0 spiro atoms. The smallest absolute Gasteiger partial charge is 0.268 e. The van der Waals surface area contributed by atoms with E-state index >= 15 is 0 Å². The largest absolute Gasteiger partial charge is 0.362 e. The van der Waals surface area contributed by atoms with Gasteiger partial charge in [0.1, 0.15) is 6.04 Å². The Bertz CT molecular complexity index is 818. The van der Waals surface area contributed by atoms with Crippen molar-refractivity contribution >= 4 is 11.8 Å². The van der Waals surface area contributed by atoms with E-state index in [4.69, 9.17) is 9.57 Å². The maximum atomic E-state index is 12.9. The lowest BCUT2D eigenvalue weighted by molar-refractivity contribution is -0.167. The quantitative estimate of drug-likeness (QED) is 0.305. The molecule has 0 unspecified atom stereocenters. The summed E-state index contributed by atoms with van der Waals surface area (Å²) in [6.07, 6.45) is 1.03. The second kappa shape index (κ2) is 12.2. The number of ether oxygens (including phenoxy) is 1. The Balaban J connectivity index is 1.56. The number of rotatable bonds is 10. The van der Waals surface area contributed by atoms with E-state index in [1.807, 2.05) is 60.7 Å². The van der Waals surface area contributed by atoms with Gasteiger partial charge in [-0.2, -0.15) is 5.48 Å². The maximum Gasteiger partial charge on any atom is 0.268 e. The molecule has 2 aromatic rings. The third-order valence-corrected chi connectivity index (χ3v) is 5.02. The van der Waals surface area contributed by atoms with Gasteiger partial charge in [-0.15, -0.1) is 0 Å². The lowest BCUT2D eigenvalue weighted by Gasteiger charge is -2.23. The molecule has 2 atom stereocenters. The zero-order chi connectivity index (χ0) is 21.9. The van der Waals surface area contributed by atoms with Gasteiger partial charge in [-0.25, -0.2) is 5.06 Å². The molecule has 8 nitrogen and oxygen atoms in total. The van der Waals surface area contributed by atoms with Crippen LogP contribution in [0.5, 0.6) is 0 Å². The van der Waals surface area contributed by atoms with Crippen LogP contribution in [0.3, 0.4) is 0 Å². The molecule has 1 saturated heterocycles. The van der Waals surface area contributed by atoms with Gasteiger partial charge in [0.15, 0.2) is 6.10 Å². The fraction of sp³-hybridized carbons (Fsp3) is 0.391. The van der Waals surface area contributed by atoms with Gasteiger partial charge in [-0.3, -0.25) is 19.6 Å². The van der Waals surface area contributed by atoms with Crippen LogP contribution in [0, 0.1) is 0 Å². The zero-order valence-electron chi connectivity index (χ0n) is 17.4. The highest BCUT2D eigenvalue weighted by Gasteiger charge is 2.30. The minimum absolute atomic E-state index is 0.106. The highest BCUT2D eigenvalue weighted by Crippen LogP contribution is 2.12. The van der Waals surface area contributed by atoms with E-state index < -0.39 is 24.0 Å². The van der Waals surface area contributed by atoms with Gasteiger partial charge >= 0.3 is 0 Å². The molecule has 166 valence electrons. The highest BCUT2D eigenvalue weighted by atomic mass is 16.6. The van der Waals surface area contributed by atoms with Crippen molar-refractivity contribution in [3.8, 4) is 0 Å². The first-order valence-electron chi connectivity index (χ1n) is 10.5. The molecule has 2 aromatic carbocycles. The minimum atomic E-state index is -0.876. The molecule has 0 bridgehead atoms. The third kappa shape index (κ3) is 7.45. The van der Waals surface area contributed by atoms with Crippen molar-refractivity contribution in [1.82, 2.24) is 15.9 Å². The predicted octanol–water partition coefficient (Wildman–Crippen LogP) is 2.18. The second-order valence-electron chi connectivity index (χ2n) is 7.43. The lowest BCUT2D eigenvalue weighted by Crippen LogP contribution is -2.51. The highest BCUT2D eigenvalue weighted by molar-refractivity contribution is 5.89. The average Bonchev–Trinajstić information content (AvgIpc) is 2.95. The van der Waals surface area contributed by atoms with Crippen molar-refractivity contribution in [3.05, 3.63) is 71.8 Å². The number of carbonyl (C=O) groups excluding carboxylic acids is 2. The van der Waals surface area contributed by atoms with Crippen molar-refractivity contribution in [2.45, 2.75) is 44.6 Å². The van der Waals surface area contributed by atoms with Crippen LogP contribution in [0.4, 0.5) is 0 Å². The Morgan fingerprint density at radius 2 is 1.68 bits per heavy atom. The number of hydroxylamine groups is 3. The molecule has 1 heterocycles. The van der Waals surface area contributed by atoms with Gasteiger partial charge < -0.3 is 10.1 Å². The number of amides is 2. The monoisotopic (exact) mass is 427 g/mol. The van der Waals surface area contributed by atoms with E-state index in [1.165, 1.54) is 0 Å². The predicted molar refractivity (Wildman–Crippen MR) is 114 cm³/mol. The normalized spacial score (nSPS) is 17.8. The van der Waals surface area contributed by atoms with Gasteiger partial charge in [-0.05, 0) is 30.4 Å². The molecule has 0 aliphatic carbocycles. The summed E-state index contributed by atoms with van der Waals surface area (Å²) in [6, 6.07) is 18.4. The van der Waals surface area contributed by atoms with Crippen LogP contribution in [0.2, 0.25) is 0 Å². The second-order valence-corrected chi connectivity index (χ2v) is 7.43. The molecule has 1 aliphatic rings. The number of carbonyl (C=O) groups is 2. The fourth-order valence-corrected chi connectivity index (χ4v) is 3.26. The van der Waals surface area contributed by atoms with Crippen LogP contribution in [-0.4, -0.2) is 47.3 Å². The molecule has 2 amide bonds. The van der Waals surface area contributed by atoms with E-state index in [-0.39, 0.29) is 19.7 Å². The zero-order valence-corrected chi connectivity index (χ0v) is 17.4. The van der Waals surface area contributed by atoms with Gasteiger partial charge in [0.25, 0.3) is 11.8 Å². The summed E-state index contributed by atoms with van der Waals surface area (Å²) >= 11 is 0. The molecule has 0 saturated carbocycles. The number of nitrogens with zero attached hydrogens (tertiary/aromatic N) is 1. The summed E-state index contributed by atoms with van der Waals surface area (Å²) in [5.41, 5.74) is 4.71. The van der Waals surface area contributed by atoms with Crippen LogP contribution in [0.1, 0.15) is 30.4 Å². The number of hydrogen-bond donors (Lipinski definition) is 3. The van der Waals surface area contributed by atoms with Gasteiger partial charge in [0.2, 0.25) is 0 Å². The van der Waals surface area contributed by atoms with Crippen molar-refractivity contribution in [3.63, 3.8) is 0 Å². The molecule has 0 radical (unpaired) electrons. The molecule has 1 fully saturated rings. The Labute approximate surface area is 182 Å². The van der Waals surface area contributed by atoms with Crippen LogP contribution in [0.25, 0.3) is 0 Å². The topological polar surface area (TPSA) is 100 Å². The van der Waals surface area contributed by atoms with Gasteiger partial charge in [0, 0.05) is 6.54 Å². The molecule has 1 aliphatic heterocycles. The van der Waals surface area contributed by atoms with E-state index in [1.54, 1.807) is 0 Å². The lowest BCUT2D eigenvalue weighted by atomic mass is 10.1. The van der Waals surface area contributed by atoms with E-state index in [0.717, 1.165) is 17.5 Å². The summed E-state index contributed by atoms with van der Waals surface area (Å²) in [6.45, 7) is 0.960. The molecule has 3 N–H and O–H groups in total. The summed E-state index contributed by atoms with van der Waals surface area (Å²) in [7, 11) is 0. The third-order valence-electron chi connectivity index (χ3n) is 5.02. The summed E-state index contributed by atoms with van der Waals surface area (Å²) in [5.74, 6) is -0.929. The molecular formula is C23H29N3O5. The molecule has 3 rings (SSSR count). The van der Waals surface area contributed by atoms with Crippen molar-refractivity contribution in [2.75, 3.05) is 13.1 Å². The number of benzene rings is 2. The fourth-order valence-electron chi connectivity index (χ4n) is 3.26. The summed E-state index contributed by atoms with van der Waals surface area (Å²) in [5, 5.41) is 13.2. The minimum Gasteiger partial charge on any atom is -0.362 e. The number of hydrogen-bond acceptors (Lipinski definition) is 6. The first-order chi connectivity index (χ1) is 15.1. The number of nitrogens with one attached hydrogen (secondary N) is 2. The Kier molecular flexibility index (Phi) is 8.99. The van der Waals surface area contributed by atoms with Crippen LogP contribution < -0.4 is 10.8 Å². The SMILES string of the molecule is O=C(N[C@H]1CCCCN(O)C1=O)[C@@H](CNOCc1ccccc1)OCc1ccccc1. The van der Waals surface area contributed by atoms with Gasteiger partial charge in [0.05, 0.1) is 19.8 Å². The Hall–Kier alpha value is -2.78. The van der Waals surface area contributed by atoms with E-state index in [0.29, 0.717) is 24.5 Å². The van der Waals surface area contributed by atoms with E-state index in [2.05, 4.69) is 10.8 Å². The molecule has 0 aromatic heterocycles. The van der Waals surface area contributed by atoms with Crippen molar-refractivity contribution in [1.29, 1.82) is 0 Å². The van der Waals surface area contributed by atoms with Crippen LogP contribution >= 0.6 is 0 Å². The van der Waals surface area contributed by atoms with Gasteiger partial charge in [-0.1, -0.05) is 60.7 Å². The Morgan fingerprint density at radius 1 is 1.03 bits per heavy atom. The van der Waals surface area contributed by atoms with Crippen molar-refractivity contribution in [2.24, 2.45) is 0 Å². The summed E-state index contributed by atoms with van der Waals surface area (Å²) < 4.78 is 5.84. The average molecular weight is 428 g/mol.